The zero-order valence-electron chi connectivity index (χ0n) is 11.8. The molecule has 0 fully saturated rings. The van der Waals surface area contributed by atoms with Gasteiger partial charge in [0.1, 0.15) is 0 Å². The van der Waals surface area contributed by atoms with Gasteiger partial charge < -0.3 is 5.32 Å². The highest BCUT2D eigenvalue weighted by Crippen LogP contribution is 2.42. The van der Waals surface area contributed by atoms with E-state index in [1.807, 2.05) is 0 Å². The maximum atomic E-state index is 3.79. The van der Waals surface area contributed by atoms with E-state index >= 15 is 0 Å². The van der Waals surface area contributed by atoms with E-state index in [1.165, 1.54) is 31.2 Å². The third-order valence-corrected chi connectivity index (χ3v) is 4.97. The van der Waals surface area contributed by atoms with Crippen LogP contribution in [0.2, 0.25) is 0 Å². The summed E-state index contributed by atoms with van der Waals surface area (Å²) in [6.45, 7) is 1.11. The quantitative estimate of drug-likeness (QED) is 0.820. The van der Waals surface area contributed by atoms with Gasteiger partial charge in [0.15, 0.2) is 0 Å². The number of hydrogen-bond donors (Lipinski definition) is 1. The summed E-state index contributed by atoms with van der Waals surface area (Å²) in [4.78, 5) is 0. The summed E-state index contributed by atoms with van der Waals surface area (Å²) in [5.41, 5.74) is 6.21. The zero-order chi connectivity index (χ0) is 13.4. The Kier molecular flexibility index (Phi) is 3.08. The van der Waals surface area contributed by atoms with Crippen LogP contribution >= 0.6 is 0 Å². The summed E-state index contributed by atoms with van der Waals surface area (Å²) < 4.78 is 0. The molecule has 0 saturated carbocycles. The maximum absolute atomic E-state index is 3.79. The van der Waals surface area contributed by atoms with Gasteiger partial charge in [-0.05, 0) is 54.5 Å². The highest BCUT2D eigenvalue weighted by molar-refractivity contribution is 5.39. The van der Waals surface area contributed by atoms with Crippen molar-refractivity contribution in [3.8, 4) is 0 Å². The molecule has 1 unspecified atom stereocenters. The second-order valence-electron chi connectivity index (χ2n) is 6.08. The summed E-state index contributed by atoms with van der Waals surface area (Å²) in [7, 11) is 0. The second kappa shape index (κ2) is 5.06. The average Bonchev–Trinajstić information content (AvgIpc) is 2.54. The molecule has 102 valence electrons. The average molecular weight is 263 g/mol. The molecule has 1 heterocycles. The first-order chi connectivity index (χ1) is 9.93. The van der Waals surface area contributed by atoms with Crippen molar-refractivity contribution in [1.82, 2.24) is 5.32 Å². The molecule has 4 rings (SSSR count). The van der Waals surface area contributed by atoms with Gasteiger partial charge >= 0.3 is 0 Å². The molecular formula is C19H21N. The number of rotatable bonds is 1. The van der Waals surface area contributed by atoms with E-state index in [9.17, 15) is 0 Å². The summed E-state index contributed by atoms with van der Waals surface area (Å²) in [6.07, 6.45) is 5.05. The highest BCUT2D eigenvalue weighted by atomic mass is 14.9. The lowest BCUT2D eigenvalue weighted by molar-refractivity contribution is 0.387. The molecule has 0 aromatic heterocycles. The number of aryl methyl sites for hydroxylation is 1. The van der Waals surface area contributed by atoms with Crippen LogP contribution in [0.15, 0.2) is 48.5 Å². The van der Waals surface area contributed by atoms with Gasteiger partial charge in [0.25, 0.3) is 0 Å². The van der Waals surface area contributed by atoms with Crippen LogP contribution in [0.5, 0.6) is 0 Å². The first kappa shape index (κ1) is 12.2. The molecule has 1 aliphatic heterocycles. The topological polar surface area (TPSA) is 12.0 Å². The summed E-state index contributed by atoms with van der Waals surface area (Å²) >= 11 is 0. The van der Waals surface area contributed by atoms with Crippen molar-refractivity contribution in [2.75, 3.05) is 6.54 Å². The minimum absolute atomic E-state index is 0.501. The van der Waals surface area contributed by atoms with Crippen LogP contribution in [0.3, 0.4) is 0 Å². The van der Waals surface area contributed by atoms with Crippen LogP contribution in [0.25, 0.3) is 0 Å². The van der Waals surface area contributed by atoms with Gasteiger partial charge in [-0.2, -0.15) is 0 Å². The summed E-state index contributed by atoms with van der Waals surface area (Å²) in [5.74, 6) is 0.640. The van der Waals surface area contributed by atoms with Crippen molar-refractivity contribution in [1.29, 1.82) is 0 Å². The predicted molar refractivity (Wildman–Crippen MR) is 83.0 cm³/mol. The monoisotopic (exact) mass is 263 g/mol. The van der Waals surface area contributed by atoms with Crippen molar-refractivity contribution in [3.63, 3.8) is 0 Å². The lowest BCUT2D eigenvalue weighted by atomic mass is 9.75. The standard InChI is InChI=1S/C19H21N/c1-3-9-16-14(6-1)8-5-11-18(16)19-17-10-4-2-7-15(17)12-13-20-19/h1-4,6-7,9-10,18-20H,5,8,11-13H2/t18-,19?/m1/s1. The van der Waals surface area contributed by atoms with Crippen LogP contribution in [0, 0.1) is 0 Å². The zero-order valence-corrected chi connectivity index (χ0v) is 11.8. The van der Waals surface area contributed by atoms with Crippen LogP contribution in [-0.2, 0) is 12.8 Å². The molecule has 2 aliphatic rings. The Bertz CT molecular complexity index is 561. The fourth-order valence-electron chi connectivity index (χ4n) is 4.03. The van der Waals surface area contributed by atoms with E-state index < -0.39 is 0 Å². The number of hydrogen-bond acceptors (Lipinski definition) is 1. The minimum atomic E-state index is 0.501. The van der Waals surface area contributed by atoms with Gasteiger partial charge in [0.2, 0.25) is 0 Å². The summed E-state index contributed by atoms with van der Waals surface area (Å²) in [5, 5.41) is 3.79. The molecule has 0 saturated heterocycles. The van der Waals surface area contributed by atoms with Crippen molar-refractivity contribution in [2.45, 2.75) is 37.6 Å². The fourth-order valence-corrected chi connectivity index (χ4v) is 4.03. The molecule has 0 amide bonds. The minimum Gasteiger partial charge on any atom is -0.309 e. The maximum Gasteiger partial charge on any atom is 0.0392 e. The Morgan fingerprint density at radius 2 is 1.50 bits per heavy atom. The molecule has 1 nitrogen and oxygen atoms in total. The van der Waals surface area contributed by atoms with Crippen molar-refractivity contribution < 1.29 is 0 Å². The van der Waals surface area contributed by atoms with E-state index in [2.05, 4.69) is 53.8 Å². The van der Waals surface area contributed by atoms with Crippen molar-refractivity contribution in [3.05, 3.63) is 70.8 Å². The van der Waals surface area contributed by atoms with Crippen LogP contribution in [0.4, 0.5) is 0 Å². The largest absolute Gasteiger partial charge is 0.309 e. The Hall–Kier alpha value is -1.60. The molecule has 0 spiro atoms. The van der Waals surface area contributed by atoms with Gasteiger partial charge in [-0.25, -0.2) is 0 Å². The molecule has 2 atom stereocenters. The van der Waals surface area contributed by atoms with Gasteiger partial charge in [-0.3, -0.25) is 0 Å². The third kappa shape index (κ3) is 1.97. The lowest BCUT2D eigenvalue weighted by Crippen LogP contribution is -2.35. The third-order valence-electron chi connectivity index (χ3n) is 4.97. The molecule has 0 bridgehead atoms. The number of benzene rings is 2. The SMILES string of the molecule is c1ccc2c(c1)CCNC2[C@@H]1CCCc2ccccc21. The first-order valence-electron chi connectivity index (χ1n) is 7.82. The van der Waals surface area contributed by atoms with E-state index in [0.29, 0.717) is 12.0 Å². The smallest absolute Gasteiger partial charge is 0.0392 e. The predicted octanol–water partition coefficient (Wildman–Crippen LogP) is 3.99. The Balaban J connectivity index is 1.77. The fraction of sp³-hybridized carbons (Fsp3) is 0.368. The van der Waals surface area contributed by atoms with Crippen LogP contribution in [0.1, 0.15) is 47.1 Å². The number of nitrogens with one attached hydrogen (secondary N) is 1. The molecule has 2 aromatic carbocycles. The Morgan fingerprint density at radius 1 is 0.800 bits per heavy atom. The second-order valence-corrected chi connectivity index (χ2v) is 6.08. The lowest BCUT2D eigenvalue weighted by Gasteiger charge is -2.36. The Labute approximate surface area is 121 Å². The molecule has 1 aliphatic carbocycles. The molecular weight excluding hydrogens is 242 g/mol. The highest BCUT2D eigenvalue weighted by Gasteiger charge is 2.31. The number of fused-ring (bicyclic) bond motifs is 2. The molecule has 20 heavy (non-hydrogen) atoms. The van der Waals surface area contributed by atoms with E-state index in [0.717, 1.165) is 6.54 Å². The summed E-state index contributed by atoms with van der Waals surface area (Å²) in [6, 6.07) is 18.5. The molecule has 0 radical (unpaired) electrons. The first-order valence-corrected chi connectivity index (χ1v) is 7.82. The normalized spacial score (nSPS) is 24.8. The van der Waals surface area contributed by atoms with E-state index in [-0.39, 0.29) is 0 Å². The van der Waals surface area contributed by atoms with Crippen molar-refractivity contribution in [2.24, 2.45) is 0 Å². The van der Waals surface area contributed by atoms with E-state index in [4.69, 9.17) is 0 Å². The van der Waals surface area contributed by atoms with E-state index in [1.54, 1.807) is 16.7 Å². The molecule has 1 N–H and O–H groups in total. The van der Waals surface area contributed by atoms with Gasteiger partial charge in [0, 0.05) is 12.0 Å². The Morgan fingerprint density at radius 3 is 2.35 bits per heavy atom. The van der Waals surface area contributed by atoms with Gasteiger partial charge in [0.05, 0.1) is 0 Å². The van der Waals surface area contributed by atoms with Crippen molar-refractivity contribution >= 4 is 0 Å². The molecule has 1 heteroatoms. The van der Waals surface area contributed by atoms with Gasteiger partial charge in [-0.1, -0.05) is 48.5 Å². The van der Waals surface area contributed by atoms with Crippen LogP contribution in [-0.4, -0.2) is 6.54 Å². The van der Waals surface area contributed by atoms with Gasteiger partial charge in [-0.15, -0.1) is 0 Å². The van der Waals surface area contributed by atoms with Crippen LogP contribution < -0.4 is 5.32 Å². The molecule has 2 aromatic rings.